The number of carbonyl (C=O) groups excluding carboxylic acids is 1. The molecule has 0 aromatic rings. The van der Waals surface area contributed by atoms with Crippen LogP contribution in [0.1, 0.15) is 0 Å². The molecule has 0 spiro atoms. The van der Waals surface area contributed by atoms with E-state index in [2.05, 4.69) is 20.2 Å². The largest absolute Gasteiger partial charge is 0.369 e. The van der Waals surface area contributed by atoms with E-state index in [0.29, 0.717) is 0 Å². The molecule has 36 valence electrons. The van der Waals surface area contributed by atoms with Gasteiger partial charge in [-0.05, 0) is 0 Å². The zero-order valence-corrected chi connectivity index (χ0v) is 4.42. The highest BCUT2D eigenvalue weighted by Crippen LogP contribution is 1.62. The van der Waals surface area contributed by atoms with Gasteiger partial charge in [0.25, 0.3) is 0 Å². The second-order valence-corrected chi connectivity index (χ2v) is 1.26. The third-order valence-electron chi connectivity index (χ3n) is 0.276. The summed E-state index contributed by atoms with van der Waals surface area (Å²) in [5.74, 6) is -0.343. The summed E-state index contributed by atoms with van der Waals surface area (Å²) in [6, 6.07) is 0. The summed E-state index contributed by atoms with van der Waals surface area (Å²) < 4.78 is 0. The molecule has 3 N–H and O–H groups in total. The number of hydrogen-bond donors (Lipinski definition) is 2. The van der Waals surface area contributed by atoms with E-state index in [-0.39, 0.29) is 12.5 Å². The Morgan fingerprint density at radius 1 is 2.00 bits per heavy atom. The fraction of sp³-hybridized carbons (Fsp3) is 0.500. The predicted molar refractivity (Wildman–Crippen MR) is 26.9 cm³/mol. The minimum Gasteiger partial charge on any atom is -0.369 e. The lowest BCUT2D eigenvalue weighted by Gasteiger charge is -1.85. The molecule has 6 heavy (non-hydrogen) atoms. The molecule has 1 atom stereocenters. The Labute approximate surface area is 38.5 Å². The maximum Gasteiger partial charge on any atom is 0.231 e. The van der Waals surface area contributed by atoms with Gasteiger partial charge in [0.1, 0.15) is 0 Å². The Kier molecular flexibility index (Phi) is 2.99. The zero-order valence-electron chi connectivity index (χ0n) is 3.27. The van der Waals surface area contributed by atoms with Crippen LogP contribution in [-0.2, 0) is 4.79 Å². The molecule has 0 aliphatic rings. The van der Waals surface area contributed by atoms with Crippen LogP contribution in [0, 0.1) is 0 Å². The average Bonchev–Trinajstić information content (AvgIpc) is 1.35. The van der Waals surface area contributed by atoms with Crippen LogP contribution >= 0.6 is 9.39 Å². The fourth-order valence-electron chi connectivity index (χ4n) is 0.101. The van der Waals surface area contributed by atoms with Gasteiger partial charge in [0.15, 0.2) is 0 Å². The van der Waals surface area contributed by atoms with E-state index in [1.165, 1.54) is 0 Å². The first-order valence-electron chi connectivity index (χ1n) is 1.49. The maximum absolute atomic E-state index is 9.75. The van der Waals surface area contributed by atoms with E-state index in [4.69, 9.17) is 0 Å². The van der Waals surface area contributed by atoms with Crippen LogP contribution < -0.4 is 10.8 Å². The topological polar surface area (TPSA) is 55.1 Å². The van der Waals surface area contributed by atoms with Crippen molar-refractivity contribution in [3.8, 4) is 0 Å². The molecule has 0 radical (unpaired) electrons. The highest BCUT2D eigenvalue weighted by atomic mass is 31.0. The second-order valence-electron chi connectivity index (χ2n) is 0.847. The van der Waals surface area contributed by atoms with E-state index in [9.17, 15) is 4.79 Å². The smallest absolute Gasteiger partial charge is 0.231 e. The zero-order chi connectivity index (χ0) is 4.99. The Morgan fingerprint density at radius 2 is 2.50 bits per heavy atom. The monoisotopic (exact) mass is 106 g/mol. The summed E-state index contributed by atoms with van der Waals surface area (Å²) in [4.78, 5) is 9.75. The van der Waals surface area contributed by atoms with Gasteiger partial charge in [-0.15, -0.1) is 0 Å². The summed E-state index contributed by atoms with van der Waals surface area (Å²) >= 11 is 0. The standard InChI is InChI=1S/C2H7N2OP/c3-2(5)1-4-6/h4H,1,6H2,(H2,3,5). The van der Waals surface area contributed by atoms with Crippen molar-refractivity contribution in [1.29, 1.82) is 0 Å². The first-order chi connectivity index (χ1) is 2.77. The van der Waals surface area contributed by atoms with Crippen molar-refractivity contribution in [2.45, 2.75) is 0 Å². The van der Waals surface area contributed by atoms with E-state index >= 15 is 0 Å². The first-order valence-corrected chi connectivity index (χ1v) is 2.07. The first kappa shape index (κ1) is 5.86. The molecule has 0 saturated carbocycles. The number of nitrogens with one attached hydrogen (secondary N) is 1. The molecular weight excluding hydrogens is 99.0 g/mol. The van der Waals surface area contributed by atoms with E-state index in [1.54, 1.807) is 0 Å². The molecule has 0 heterocycles. The molecule has 0 rings (SSSR count). The Balaban J connectivity index is 2.83. The van der Waals surface area contributed by atoms with Crippen LogP contribution in [0.5, 0.6) is 0 Å². The fourth-order valence-corrected chi connectivity index (χ4v) is 0.302. The van der Waals surface area contributed by atoms with E-state index in [1.807, 2.05) is 0 Å². The number of hydrogen-bond acceptors (Lipinski definition) is 2. The van der Waals surface area contributed by atoms with Crippen LogP contribution in [0.3, 0.4) is 0 Å². The van der Waals surface area contributed by atoms with Crippen LogP contribution in [0.15, 0.2) is 0 Å². The van der Waals surface area contributed by atoms with Crippen LogP contribution in [-0.4, -0.2) is 12.5 Å². The Morgan fingerprint density at radius 3 is 2.50 bits per heavy atom. The average molecular weight is 106 g/mol. The molecule has 0 aromatic heterocycles. The lowest BCUT2D eigenvalue weighted by Crippen LogP contribution is -2.21. The van der Waals surface area contributed by atoms with Crippen LogP contribution in [0.4, 0.5) is 0 Å². The van der Waals surface area contributed by atoms with Crippen molar-refractivity contribution in [1.82, 2.24) is 5.09 Å². The van der Waals surface area contributed by atoms with Gasteiger partial charge < -0.3 is 5.73 Å². The van der Waals surface area contributed by atoms with E-state index in [0.717, 1.165) is 0 Å². The lowest BCUT2D eigenvalue weighted by atomic mass is 10.7. The lowest BCUT2D eigenvalue weighted by molar-refractivity contribution is -0.116. The second kappa shape index (κ2) is 3.07. The third kappa shape index (κ3) is 3.86. The van der Waals surface area contributed by atoms with Crippen molar-refractivity contribution in [2.75, 3.05) is 6.54 Å². The molecule has 0 aliphatic carbocycles. The van der Waals surface area contributed by atoms with Gasteiger partial charge in [0.2, 0.25) is 5.91 Å². The summed E-state index contributed by atoms with van der Waals surface area (Å²) in [5, 5.41) is 2.51. The minimum atomic E-state index is -0.343. The quantitative estimate of drug-likeness (QED) is 0.437. The Bertz CT molecular complexity index is 55.5. The van der Waals surface area contributed by atoms with Crippen LogP contribution in [0.25, 0.3) is 0 Å². The molecule has 0 bridgehead atoms. The molecule has 1 unspecified atom stereocenters. The van der Waals surface area contributed by atoms with Crippen LogP contribution in [0.2, 0.25) is 0 Å². The molecule has 3 nitrogen and oxygen atoms in total. The molecular formula is C2H7N2OP. The number of carbonyl (C=O) groups is 1. The maximum atomic E-state index is 9.75. The van der Waals surface area contributed by atoms with Gasteiger partial charge in [-0.25, -0.2) is 0 Å². The summed E-state index contributed by atoms with van der Waals surface area (Å²) in [7, 11) is 2.17. The summed E-state index contributed by atoms with van der Waals surface area (Å²) in [5.41, 5.74) is 4.69. The number of nitrogens with two attached hydrogens (primary N) is 1. The number of amides is 1. The van der Waals surface area contributed by atoms with Gasteiger partial charge in [-0.1, -0.05) is 9.39 Å². The van der Waals surface area contributed by atoms with Crippen molar-refractivity contribution in [3.05, 3.63) is 0 Å². The molecule has 0 fully saturated rings. The molecule has 0 saturated heterocycles. The molecule has 0 aromatic carbocycles. The molecule has 4 heteroatoms. The number of primary amides is 1. The van der Waals surface area contributed by atoms with Gasteiger partial charge in [0.05, 0.1) is 6.54 Å². The van der Waals surface area contributed by atoms with E-state index < -0.39 is 0 Å². The molecule has 0 aliphatic heterocycles. The minimum absolute atomic E-state index is 0.227. The SMILES string of the molecule is NC(=O)CNP. The normalized spacial score (nSPS) is 8.17. The van der Waals surface area contributed by atoms with Gasteiger partial charge >= 0.3 is 0 Å². The van der Waals surface area contributed by atoms with Crippen molar-refractivity contribution in [2.24, 2.45) is 5.73 Å². The highest BCUT2D eigenvalue weighted by Gasteiger charge is 1.83. The summed E-state index contributed by atoms with van der Waals surface area (Å²) in [6.45, 7) is 0.227. The highest BCUT2D eigenvalue weighted by molar-refractivity contribution is 7.13. The third-order valence-corrected chi connectivity index (χ3v) is 0.480. The van der Waals surface area contributed by atoms with Gasteiger partial charge in [-0.3, -0.25) is 9.88 Å². The van der Waals surface area contributed by atoms with Gasteiger partial charge in [-0.2, -0.15) is 0 Å². The summed E-state index contributed by atoms with van der Waals surface area (Å²) in [6.07, 6.45) is 0. The van der Waals surface area contributed by atoms with Crippen molar-refractivity contribution >= 4 is 15.3 Å². The van der Waals surface area contributed by atoms with Crippen molar-refractivity contribution < 1.29 is 4.79 Å². The predicted octanol–water partition coefficient (Wildman–Crippen LogP) is -1.15. The number of rotatable bonds is 2. The van der Waals surface area contributed by atoms with Crippen molar-refractivity contribution in [3.63, 3.8) is 0 Å². The molecule has 1 amide bonds. The Hall–Kier alpha value is -0.140. The van der Waals surface area contributed by atoms with Gasteiger partial charge in [0, 0.05) is 0 Å².